The molecule has 2 aromatic rings. The largest absolute Gasteiger partial charge is 0.302 e. The molecule has 0 aliphatic rings. The van der Waals surface area contributed by atoms with Crippen LogP contribution in [0, 0.1) is 0 Å². The predicted octanol–water partition coefficient (Wildman–Crippen LogP) is 2.86. The van der Waals surface area contributed by atoms with Crippen molar-refractivity contribution in [1.82, 2.24) is 19.7 Å². The third-order valence-electron chi connectivity index (χ3n) is 2.41. The number of pyridine rings is 1. The van der Waals surface area contributed by atoms with Crippen molar-refractivity contribution in [3.05, 3.63) is 24.5 Å². The Balaban J connectivity index is 2.32. The summed E-state index contributed by atoms with van der Waals surface area (Å²) >= 11 is 1.76. The fraction of sp³-hybridized carbons (Fsp3) is 0.417. The van der Waals surface area contributed by atoms with Crippen molar-refractivity contribution < 1.29 is 0 Å². The highest BCUT2D eigenvalue weighted by Gasteiger charge is 2.12. The van der Waals surface area contributed by atoms with E-state index in [0.717, 1.165) is 35.3 Å². The van der Waals surface area contributed by atoms with Crippen molar-refractivity contribution in [2.45, 2.75) is 32.0 Å². The zero-order valence-corrected chi connectivity index (χ0v) is 10.9. The first-order valence-electron chi connectivity index (χ1n) is 5.83. The van der Waals surface area contributed by atoms with Crippen LogP contribution in [0.15, 0.2) is 29.7 Å². The molecule has 0 unspecified atom stereocenters. The monoisotopic (exact) mass is 248 g/mol. The summed E-state index contributed by atoms with van der Waals surface area (Å²) in [5.41, 5.74) is 1.07. The Morgan fingerprint density at radius 2 is 1.94 bits per heavy atom. The van der Waals surface area contributed by atoms with Gasteiger partial charge in [0.25, 0.3) is 0 Å². The molecule has 4 nitrogen and oxygen atoms in total. The molecule has 0 radical (unpaired) electrons. The van der Waals surface area contributed by atoms with E-state index in [1.165, 1.54) is 0 Å². The molecule has 0 aliphatic heterocycles. The molecule has 0 saturated heterocycles. The molecule has 2 aromatic heterocycles. The van der Waals surface area contributed by atoms with Gasteiger partial charge >= 0.3 is 0 Å². The maximum Gasteiger partial charge on any atom is 0.191 e. The Labute approximate surface area is 105 Å². The third kappa shape index (κ3) is 2.66. The van der Waals surface area contributed by atoms with E-state index < -0.39 is 0 Å². The Bertz CT molecular complexity index is 467. The van der Waals surface area contributed by atoms with Gasteiger partial charge in [0.2, 0.25) is 0 Å². The molecule has 0 amide bonds. The zero-order valence-electron chi connectivity index (χ0n) is 10.1. The molecule has 0 atom stereocenters. The molecule has 2 rings (SSSR count). The molecule has 0 spiro atoms. The first kappa shape index (κ1) is 12.1. The molecular weight excluding hydrogens is 232 g/mol. The Morgan fingerprint density at radius 1 is 1.18 bits per heavy atom. The van der Waals surface area contributed by atoms with Gasteiger partial charge in [-0.15, -0.1) is 10.2 Å². The number of rotatable bonds is 5. The lowest BCUT2D eigenvalue weighted by molar-refractivity contribution is 0.687. The molecule has 0 aliphatic carbocycles. The SMILES string of the molecule is CCCSc1nnc(-c2ccncc2)n1CC. The average molecular weight is 248 g/mol. The first-order chi connectivity index (χ1) is 8.36. The maximum atomic E-state index is 4.27. The van der Waals surface area contributed by atoms with Crippen LogP contribution in [0.3, 0.4) is 0 Å². The van der Waals surface area contributed by atoms with E-state index in [9.17, 15) is 0 Å². The van der Waals surface area contributed by atoms with Gasteiger partial charge in [-0.2, -0.15) is 0 Å². The second-order valence-electron chi connectivity index (χ2n) is 3.63. The Morgan fingerprint density at radius 3 is 2.59 bits per heavy atom. The lowest BCUT2D eigenvalue weighted by atomic mass is 10.2. The summed E-state index contributed by atoms with van der Waals surface area (Å²) in [4.78, 5) is 4.02. The smallest absolute Gasteiger partial charge is 0.191 e. The van der Waals surface area contributed by atoms with Gasteiger partial charge in [-0.1, -0.05) is 18.7 Å². The standard InChI is InChI=1S/C12H16N4S/c1-3-9-17-12-15-14-11(16(12)4-2)10-5-7-13-8-6-10/h5-8H,3-4,9H2,1-2H3. The van der Waals surface area contributed by atoms with E-state index in [1.54, 1.807) is 24.2 Å². The number of hydrogen-bond donors (Lipinski definition) is 0. The van der Waals surface area contributed by atoms with E-state index in [2.05, 4.69) is 33.6 Å². The van der Waals surface area contributed by atoms with E-state index in [1.807, 2.05) is 12.1 Å². The third-order valence-corrected chi connectivity index (χ3v) is 3.58. The fourth-order valence-electron chi connectivity index (χ4n) is 1.59. The molecule has 5 heteroatoms. The van der Waals surface area contributed by atoms with Crippen LogP contribution in [0.4, 0.5) is 0 Å². The van der Waals surface area contributed by atoms with Gasteiger partial charge in [0.15, 0.2) is 11.0 Å². The van der Waals surface area contributed by atoms with Crippen molar-refractivity contribution in [2.24, 2.45) is 0 Å². The number of thioether (sulfide) groups is 1. The predicted molar refractivity (Wildman–Crippen MR) is 69.9 cm³/mol. The van der Waals surface area contributed by atoms with Crippen molar-refractivity contribution >= 4 is 11.8 Å². The molecular formula is C12H16N4S. The Hall–Kier alpha value is -1.36. The summed E-state index contributed by atoms with van der Waals surface area (Å²) in [7, 11) is 0. The highest BCUT2D eigenvalue weighted by atomic mass is 32.2. The van der Waals surface area contributed by atoms with Gasteiger partial charge in [-0.3, -0.25) is 4.98 Å². The molecule has 0 aromatic carbocycles. The fourth-order valence-corrected chi connectivity index (χ4v) is 2.45. The van der Waals surface area contributed by atoms with Gasteiger partial charge < -0.3 is 4.57 Å². The first-order valence-corrected chi connectivity index (χ1v) is 6.81. The Kier molecular flexibility index (Phi) is 4.14. The highest BCUT2D eigenvalue weighted by molar-refractivity contribution is 7.99. The van der Waals surface area contributed by atoms with Crippen LogP contribution in [-0.4, -0.2) is 25.5 Å². The molecule has 0 bridgehead atoms. The van der Waals surface area contributed by atoms with Crippen molar-refractivity contribution in [3.63, 3.8) is 0 Å². The van der Waals surface area contributed by atoms with Crippen LogP contribution in [0.2, 0.25) is 0 Å². The molecule has 90 valence electrons. The molecule has 2 heterocycles. The summed E-state index contributed by atoms with van der Waals surface area (Å²) in [5, 5.41) is 9.53. The van der Waals surface area contributed by atoms with Crippen LogP contribution in [-0.2, 0) is 6.54 Å². The summed E-state index contributed by atoms with van der Waals surface area (Å²) in [5.74, 6) is 2.00. The minimum atomic E-state index is 0.886. The molecule has 17 heavy (non-hydrogen) atoms. The second kappa shape index (κ2) is 5.82. The number of nitrogens with zero attached hydrogens (tertiary/aromatic N) is 4. The van der Waals surface area contributed by atoms with Gasteiger partial charge in [-0.25, -0.2) is 0 Å². The van der Waals surface area contributed by atoms with Gasteiger partial charge in [-0.05, 0) is 25.5 Å². The van der Waals surface area contributed by atoms with Gasteiger partial charge in [0.1, 0.15) is 0 Å². The van der Waals surface area contributed by atoms with E-state index in [4.69, 9.17) is 0 Å². The summed E-state index contributed by atoms with van der Waals surface area (Å²) in [6, 6.07) is 3.93. The quantitative estimate of drug-likeness (QED) is 0.763. The lowest BCUT2D eigenvalue weighted by Gasteiger charge is -2.06. The molecule has 0 saturated carbocycles. The topological polar surface area (TPSA) is 43.6 Å². The van der Waals surface area contributed by atoms with Crippen LogP contribution < -0.4 is 0 Å². The number of hydrogen-bond acceptors (Lipinski definition) is 4. The normalized spacial score (nSPS) is 10.7. The number of aromatic nitrogens is 4. The maximum absolute atomic E-state index is 4.27. The van der Waals surface area contributed by atoms with Gasteiger partial charge in [0.05, 0.1) is 0 Å². The van der Waals surface area contributed by atoms with Crippen molar-refractivity contribution in [2.75, 3.05) is 5.75 Å². The molecule has 0 fully saturated rings. The zero-order chi connectivity index (χ0) is 12.1. The lowest BCUT2D eigenvalue weighted by Crippen LogP contribution is -1.99. The highest BCUT2D eigenvalue weighted by Crippen LogP contribution is 2.23. The van der Waals surface area contributed by atoms with Crippen LogP contribution in [0.1, 0.15) is 20.3 Å². The van der Waals surface area contributed by atoms with Crippen LogP contribution >= 0.6 is 11.8 Å². The van der Waals surface area contributed by atoms with Crippen molar-refractivity contribution in [1.29, 1.82) is 0 Å². The summed E-state index contributed by atoms with van der Waals surface area (Å²) < 4.78 is 2.15. The second-order valence-corrected chi connectivity index (χ2v) is 4.70. The van der Waals surface area contributed by atoms with Gasteiger partial charge in [0, 0.05) is 30.3 Å². The summed E-state index contributed by atoms with van der Waals surface area (Å²) in [6.45, 7) is 5.17. The van der Waals surface area contributed by atoms with E-state index in [-0.39, 0.29) is 0 Å². The minimum Gasteiger partial charge on any atom is -0.302 e. The van der Waals surface area contributed by atoms with Crippen LogP contribution in [0.5, 0.6) is 0 Å². The van der Waals surface area contributed by atoms with E-state index in [0.29, 0.717) is 0 Å². The summed E-state index contributed by atoms with van der Waals surface area (Å²) in [6.07, 6.45) is 4.71. The minimum absolute atomic E-state index is 0.886. The van der Waals surface area contributed by atoms with Crippen molar-refractivity contribution in [3.8, 4) is 11.4 Å². The van der Waals surface area contributed by atoms with E-state index >= 15 is 0 Å². The molecule has 0 N–H and O–H groups in total. The van der Waals surface area contributed by atoms with Crippen LogP contribution in [0.25, 0.3) is 11.4 Å². The average Bonchev–Trinajstić information content (AvgIpc) is 2.80.